The number of rotatable bonds is 6. The van der Waals surface area contributed by atoms with Crippen LogP contribution >= 0.6 is 11.6 Å². The molecule has 1 atom stereocenters. The van der Waals surface area contributed by atoms with E-state index in [-0.39, 0.29) is 17.2 Å². The highest BCUT2D eigenvalue weighted by Gasteiger charge is 2.24. The molecule has 1 unspecified atom stereocenters. The number of benzene rings is 2. The van der Waals surface area contributed by atoms with Gasteiger partial charge in [-0.1, -0.05) is 25.4 Å². The lowest BCUT2D eigenvalue weighted by Crippen LogP contribution is -2.48. The van der Waals surface area contributed by atoms with Gasteiger partial charge in [0.2, 0.25) is 0 Å². The Labute approximate surface area is 161 Å². The number of halogens is 2. The van der Waals surface area contributed by atoms with Crippen LogP contribution in [-0.2, 0) is 4.79 Å². The van der Waals surface area contributed by atoms with E-state index in [1.54, 1.807) is 13.8 Å². The van der Waals surface area contributed by atoms with Crippen molar-refractivity contribution in [2.45, 2.75) is 19.9 Å². The van der Waals surface area contributed by atoms with E-state index in [4.69, 9.17) is 11.6 Å². The van der Waals surface area contributed by atoms with Crippen molar-refractivity contribution in [3.05, 3.63) is 64.4 Å². The summed E-state index contributed by atoms with van der Waals surface area (Å²) in [4.78, 5) is 24.6. The fraction of sp³-hybridized carbons (Fsp3) is 0.211. The zero-order valence-corrected chi connectivity index (χ0v) is 15.5. The molecule has 0 heterocycles. The number of phenolic OH excluding ortho intramolecular Hbond substituents is 1. The third-order valence-electron chi connectivity index (χ3n) is 3.71. The van der Waals surface area contributed by atoms with E-state index < -0.39 is 23.7 Å². The smallest absolute Gasteiger partial charge is 0.262 e. The average Bonchev–Trinajstić information content (AvgIpc) is 2.62. The van der Waals surface area contributed by atoms with Gasteiger partial charge in [-0.2, -0.15) is 5.10 Å². The Morgan fingerprint density at radius 2 is 1.85 bits per heavy atom. The highest BCUT2D eigenvalue weighted by molar-refractivity contribution is 6.30. The Bertz CT molecular complexity index is 854. The number of amides is 2. The number of hydrogen-bond acceptors (Lipinski definition) is 4. The number of nitrogens with one attached hydrogen (secondary N) is 2. The molecule has 0 aliphatic rings. The first kappa shape index (κ1) is 20.4. The van der Waals surface area contributed by atoms with Gasteiger partial charge in [0.15, 0.2) is 0 Å². The van der Waals surface area contributed by atoms with Crippen molar-refractivity contribution in [2.75, 3.05) is 0 Å². The van der Waals surface area contributed by atoms with Crippen LogP contribution in [0.1, 0.15) is 29.8 Å². The van der Waals surface area contributed by atoms with Gasteiger partial charge in [-0.15, -0.1) is 0 Å². The fourth-order valence-electron chi connectivity index (χ4n) is 2.22. The molecular formula is C19H19ClFN3O3. The van der Waals surface area contributed by atoms with Crippen LogP contribution in [0.2, 0.25) is 5.02 Å². The summed E-state index contributed by atoms with van der Waals surface area (Å²) < 4.78 is 13.0. The molecule has 27 heavy (non-hydrogen) atoms. The van der Waals surface area contributed by atoms with Gasteiger partial charge >= 0.3 is 0 Å². The molecule has 2 aromatic rings. The summed E-state index contributed by atoms with van der Waals surface area (Å²) in [6.07, 6.45) is 1.25. The third-order valence-corrected chi connectivity index (χ3v) is 3.95. The molecule has 0 fully saturated rings. The van der Waals surface area contributed by atoms with Crippen molar-refractivity contribution in [3.63, 3.8) is 0 Å². The minimum atomic E-state index is -0.854. The number of aromatic hydroxyl groups is 1. The van der Waals surface area contributed by atoms with Crippen LogP contribution < -0.4 is 10.7 Å². The van der Waals surface area contributed by atoms with Crippen molar-refractivity contribution >= 4 is 29.6 Å². The van der Waals surface area contributed by atoms with E-state index in [2.05, 4.69) is 15.8 Å². The molecule has 0 spiro atoms. The second-order valence-corrected chi connectivity index (χ2v) is 6.58. The first-order valence-electron chi connectivity index (χ1n) is 8.16. The van der Waals surface area contributed by atoms with E-state index in [0.29, 0.717) is 10.6 Å². The van der Waals surface area contributed by atoms with Gasteiger partial charge in [0, 0.05) is 16.1 Å². The standard InChI is InChI=1S/C19H19ClFN3O3/c1-11(2)17(23-18(26)12-3-6-15(21)7-4-12)19(27)24-22-10-13-9-14(20)5-8-16(13)25/h3-11,17,25H,1-2H3,(H,23,26)(H,24,27)/b22-10+. The Hall–Kier alpha value is -2.93. The molecular weight excluding hydrogens is 373 g/mol. The summed E-state index contributed by atoms with van der Waals surface area (Å²) >= 11 is 5.84. The molecule has 0 bridgehead atoms. The topological polar surface area (TPSA) is 90.8 Å². The summed E-state index contributed by atoms with van der Waals surface area (Å²) in [6.45, 7) is 3.53. The lowest BCUT2D eigenvalue weighted by atomic mass is 10.0. The van der Waals surface area contributed by atoms with Gasteiger partial charge in [-0.25, -0.2) is 9.82 Å². The zero-order chi connectivity index (χ0) is 20.0. The molecule has 6 nitrogen and oxygen atoms in total. The van der Waals surface area contributed by atoms with Crippen molar-refractivity contribution < 1.29 is 19.1 Å². The van der Waals surface area contributed by atoms with Crippen LogP contribution in [0.3, 0.4) is 0 Å². The molecule has 0 aliphatic heterocycles. The fourth-order valence-corrected chi connectivity index (χ4v) is 2.41. The minimum Gasteiger partial charge on any atom is -0.507 e. The Morgan fingerprint density at radius 3 is 2.48 bits per heavy atom. The maximum atomic E-state index is 13.0. The normalized spacial score (nSPS) is 12.2. The molecule has 0 saturated heterocycles. The van der Waals surface area contributed by atoms with Crippen LogP contribution in [0.15, 0.2) is 47.6 Å². The first-order valence-corrected chi connectivity index (χ1v) is 8.53. The Balaban J connectivity index is 2.04. The molecule has 2 rings (SSSR count). The van der Waals surface area contributed by atoms with Crippen molar-refractivity contribution in [2.24, 2.45) is 11.0 Å². The number of phenols is 1. The van der Waals surface area contributed by atoms with E-state index >= 15 is 0 Å². The van der Waals surface area contributed by atoms with E-state index in [9.17, 15) is 19.1 Å². The van der Waals surface area contributed by atoms with Crippen molar-refractivity contribution in [1.29, 1.82) is 0 Å². The highest BCUT2D eigenvalue weighted by atomic mass is 35.5. The quantitative estimate of drug-likeness (QED) is 0.522. The largest absolute Gasteiger partial charge is 0.507 e. The number of hydrazone groups is 1. The average molecular weight is 392 g/mol. The zero-order valence-electron chi connectivity index (χ0n) is 14.7. The maximum Gasteiger partial charge on any atom is 0.262 e. The second-order valence-electron chi connectivity index (χ2n) is 6.14. The summed E-state index contributed by atoms with van der Waals surface area (Å²) in [5.41, 5.74) is 2.90. The summed E-state index contributed by atoms with van der Waals surface area (Å²) in [6, 6.07) is 8.57. The van der Waals surface area contributed by atoms with Gasteiger partial charge in [0.05, 0.1) is 6.21 Å². The predicted octanol–water partition coefficient (Wildman–Crippen LogP) is 3.09. The number of carbonyl (C=O) groups is 2. The Kier molecular flexibility index (Phi) is 6.90. The molecule has 0 saturated carbocycles. The van der Waals surface area contributed by atoms with Crippen molar-refractivity contribution in [3.8, 4) is 5.75 Å². The maximum absolute atomic E-state index is 13.0. The van der Waals surface area contributed by atoms with Crippen LogP contribution in [0, 0.1) is 11.7 Å². The summed E-state index contributed by atoms with van der Waals surface area (Å²) in [5.74, 6) is -1.74. The highest BCUT2D eigenvalue weighted by Crippen LogP contribution is 2.19. The number of hydrogen-bond donors (Lipinski definition) is 3. The minimum absolute atomic E-state index is 0.0394. The predicted molar refractivity (Wildman–Crippen MR) is 101 cm³/mol. The summed E-state index contributed by atoms with van der Waals surface area (Å²) in [7, 11) is 0. The number of nitrogens with zero attached hydrogens (tertiary/aromatic N) is 1. The van der Waals surface area contributed by atoms with Crippen LogP contribution in [0.5, 0.6) is 5.75 Å². The Morgan fingerprint density at radius 1 is 1.19 bits per heavy atom. The van der Waals surface area contributed by atoms with Crippen LogP contribution in [0.4, 0.5) is 4.39 Å². The van der Waals surface area contributed by atoms with Gasteiger partial charge in [-0.05, 0) is 48.4 Å². The van der Waals surface area contributed by atoms with Crippen LogP contribution in [0.25, 0.3) is 0 Å². The van der Waals surface area contributed by atoms with E-state index in [1.807, 2.05) is 0 Å². The molecule has 142 valence electrons. The molecule has 0 aromatic heterocycles. The van der Waals surface area contributed by atoms with Gasteiger partial charge < -0.3 is 10.4 Å². The van der Waals surface area contributed by atoms with Gasteiger partial charge in [0.25, 0.3) is 11.8 Å². The monoisotopic (exact) mass is 391 g/mol. The lowest BCUT2D eigenvalue weighted by Gasteiger charge is -2.20. The molecule has 0 aliphatic carbocycles. The molecule has 8 heteroatoms. The van der Waals surface area contributed by atoms with Gasteiger partial charge in [0.1, 0.15) is 17.6 Å². The van der Waals surface area contributed by atoms with Crippen molar-refractivity contribution in [1.82, 2.24) is 10.7 Å². The first-order chi connectivity index (χ1) is 12.8. The van der Waals surface area contributed by atoms with Gasteiger partial charge in [-0.3, -0.25) is 9.59 Å². The lowest BCUT2D eigenvalue weighted by molar-refractivity contribution is -0.123. The summed E-state index contributed by atoms with van der Waals surface area (Å²) in [5, 5.41) is 16.5. The number of carbonyl (C=O) groups excluding carboxylic acids is 2. The van der Waals surface area contributed by atoms with Crippen LogP contribution in [-0.4, -0.2) is 29.2 Å². The molecule has 0 radical (unpaired) electrons. The third kappa shape index (κ3) is 5.79. The molecule has 2 aromatic carbocycles. The molecule has 2 amide bonds. The molecule has 3 N–H and O–H groups in total. The van der Waals surface area contributed by atoms with E-state index in [1.165, 1.54) is 48.7 Å². The SMILES string of the molecule is CC(C)C(NC(=O)c1ccc(F)cc1)C(=O)N/N=C/c1cc(Cl)ccc1O. The van der Waals surface area contributed by atoms with E-state index in [0.717, 1.165) is 0 Å². The second kappa shape index (κ2) is 9.14.